The number of nitrogens with one attached hydrogen (secondary N) is 1. The van der Waals surface area contributed by atoms with E-state index < -0.39 is 5.92 Å². The van der Waals surface area contributed by atoms with Gasteiger partial charge in [-0.05, 0) is 50.6 Å². The molecule has 33 heavy (non-hydrogen) atoms. The molecule has 1 N–H and O–H groups in total. The van der Waals surface area contributed by atoms with Crippen LogP contribution in [0.15, 0.2) is 36.4 Å². The van der Waals surface area contributed by atoms with Crippen LogP contribution >= 0.6 is 0 Å². The first-order valence-electron chi connectivity index (χ1n) is 11.1. The molecule has 2 aromatic carbocycles. The first-order valence-corrected chi connectivity index (χ1v) is 11.1. The van der Waals surface area contributed by atoms with E-state index in [-0.39, 0.29) is 24.3 Å². The van der Waals surface area contributed by atoms with Crippen LogP contribution in [-0.2, 0) is 9.59 Å². The summed E-state index contributed by atoms with van der Waals surface area (Å²) in [7, 11) is 3.10. The lowest BCUT2D eigenvalue weighted by atomic mass is 10.0. The Balaban J connectivity index is 1.69. The van der Waals surface area contributed by atoms with Crippen LogP contribution in [0.2, 0.25) is 0 Å². The highest BCUT2D eigenvalue weighted by Crippen LogP contribution is 2.35. The minimum atomic E-state index is -0.442. The van der Waals surface area contributed by atoms with Crippen molar-refractivity contribution in [2.24, 2.45) is 5.92 Å². The molecule has 0 aliphatic carbocycles. The second-order valence-corrected chi connectivity index (χ2v) is 7.75. The number of ether oxygens (including phenoxy) is 4. The summed E-state index contributed by atoms with van der Waals surface area (Å²) < 4.78 is 21.9. The molecule has 0 bridgehead atoms. The third-order valence-corrected chi connectivity index (χ3v) is 5.60. The smallest absolute Gasteiger partial charge is 0.227 e. The van der Waals surface area contributed by atoms with E-state index in [0.717, 1.165) is 5.56 Å². The molecule has 1 fully saturated rings. The Morgan fingerprint density at radius 3 is 2.33 bits per heavy atom. The maximum Gasteiger partial charge on any atom is 0.227 e. The second-order valence-electron chi connectivity index (χ2n) is 7.75. The van der Waals surface area contributed by atoms with Crippen LogP contribution in [0.25, 0.3) is 0 Å². The topological polar surface area (TPSA) is 86.3 Å². The molecule has 178 valence electrons. The Morgan fingerprint density at radius 1 is 1.00 bits per heavy atom. The summed E-state index contributed by atoms with van der Waals surface area (Å²) in [5, 5.41) is 3.03. The van der Waals surface area contributed by atoms with Crippen molar-refractivity contribution in [1.82, 2.24) is 5.32 Å². The van der Waals surface area contributed by atoms with Gasteiger partial charge >= 0.3 is 0 Å². The summed E-state index contributed by atoms with van der Waals surface area (Å²) >= 11 is 0. The van der Waals surface area contributed by atoms with Gasteiger partial charge in [0.1, 0.15) is 0 Å². The van der Waals surface area contributed by atoms with Crippen LogP contribution in [0.3, 0.4) is 0 Å². The molecule has 1 saturated heterocycles. The van der Waals surface area contributed by atoms with Gasteiger partial charge in [0.15, 0.2) is 23.0 Å². The third kappa shape index (κ3) is 5.50. The Morgan fingerprint density at radius 2 is 1.67 bits per heavy atom. The highest BCUT2D eigenvalue weighted by Gasteiger charge is 2.36. The predicted octanol–water partition coefficient (Wildman–Crippen LogP) is 3.73. The highest BCUT2D eigenvalue weighted by molar-refractivity contribution is 6.00. The number of methoxy groups -OCH3 is 2. The molecule has 2 amide bonds. The summed E-state index contributed by atoms with van der Waals surface area (Å²) in [5.74, 6) is 1.73. The summed E-state index contributed by atoms with van der Waals surface area (Å²) in [4.78, 5) is 27.2. The van der Waals surface area contributed by atoms with Gasteiger partial charge < -0.3 is 29.2 Å². The van der Waals surface area contributed by atoms with Crippen molar-refractivity contribution in [2.45, 2.75) is 33.2 Å². The average molecular weight is 457 g/mol. The molecule has 8 nitrogen and oxygen atoms in total. The summed E-state index contributed by atoms with van der Waals surface area (Å²) in [6, 6.07) is 10.7. The predicted molar refractivity (Wildman–Crippen MR) is 125 cm³/mol. The van der Waals surface area contributed by atoms with E-state index in [0.29, 0.717) is 48.4 Å². The maximum absolute atomic E-state index is 13.0. The van der Waals surface area contributed by atoms with Crippen molar-refractivity contribution >= 4 is 17.5 Å². The molecule has 0 spiro atoms. The van der Waals surface area contributed by atoms with E-state index in [1.165, 1.54) is 0 Å². The van der Waals surface area contributed by atoms with Crippen LogP contribution in [0.5, 0.6) is 23.0 Å². The van der Waals surface area contributed by atoms with Gasteiger partial charge in [-0.3, -0.25) is 9.59 Å². The van der Waals surface area contributed by atoms with Crippen LogP contribution in [0, 0.1) is 5.92 Å². The van der Waals surface area contributed by atoms with Crippen molar-refractivity contribution in [3.63, 3.8) is 0 Å². The number of hydrogen-bond donors (Lipinski definition) is 1. The number of benzene rings is 2. The normalized spacial score (nSPS) is 16.3. The van der Waals surface area contributed by atoms with Gasteiger partial charge in [0.25, 0.3) is 0 Å². The highest BCUT2D eigenvalue weighted by atomic mass is 16.5. The summed E-state index contributed by atoms with van der Waals surface area (Å²) in [6.45, 7) is 7.10. The SMILES string of the molecule is CCOc1ccc(C(C)NC(=O)C2CC(=O)N(c3ccc(OC)c(OC)c3)C2)cc1OCC. The molecular formula is C25H32N2O6. The van der Waals surface area contributed by atoms with Gasteiger partial charge in [-0.15, -0.1) is 0 Å². The molecule has 0 saturated carbocycles. The molecule has 3 rings (SSSR count). The number of carbonyl (C=O) groups excluding carboxylic acids is 2. The van der Waals surface area contributed by atoms with Crippen LogP contribution < -0.4 is 29.2 Å². The van der Waals surface area contributed by atoms with Crippen LogP contribution in [0.4, 0.5) is 5.69 Å². The number of carbonyl (C=O) groups is 2. The Labute approximate surface area is 194 Å². The van der Waals surface area contributed by atoms with Gasteiger partial charge in [0.2, 0.25) is 11.8 Å². The molecule has 0 radical (unpaired) electrons. The van der Waals surface area contributed by atoms with Gasteiger partial charge in [-0.2, -0.15) is 0 Å². The van der Waals surface area contributed by atoms with Crippen LogP contribution in [0.1, 0.15) is 38.8 Å². The zero-order valence-corrected chi connectivity index (χ0v) is 19.8. The van der Waals surface area contributed by atoms with E-state index in [1.807, 2.05) is 39.0 Å². The molecular weight excluding hydrogens is 424 g/mol. The lowest BCUT2D eigenvalue weighted by Crippen LogP contribution is -2.34. The van der Waals surface area contributed by atoms with Gasteiger partial charge in [0, 0.05) is 24.7 Å². The van der Waals surface area contributed by atoms with Crippen molar-refractivity contribution in [3.05, 3.63) is 42.0 Å². The zero-order valence-electron chi connectivity index (χ0n) is 19.8. The van der Waals surface area contributed by atoms with E-state index in [9.17, 15) is 9.59 Å². The number of nitrogens with zero attached hydrogens (tertiary/aromatic N) is 1. The fourth-order valence-electron chi connectivity index (χ4n) is 3.88. The fraction of sp³-hybridized carbons (Fsp3) is 0.440. The van der Waals surface area contributed by atoms with E-state index >= 15 is 0 Å². The van der Waals surface area contributed by atoms with E-state index in [1.54, 1.807) is 37.3 Å². The van der Waals surface area contributed by atoms with Gasteiger partial charge in [-0.25, -0.2) is 0 Å². The molecule has 1 heterocycles. The quantitative estimate of drug-likeness (QED) is 0.586. The number of hydrogen-bond acceptors (Lipinski definition) is 6. The monoisotopic (exact) mass is 456 g/mol. The molecule has 1 aliphatic rings. The lowest BCUT2D eigenvalue weighted by Gasteiger charge is -2.20. The Hall–Kier alpha value is -3.42. The fourth-order valence-corrected chi connectivity index (χ4v) is 3.88. The van der Waals surface area contributed by atoms with Crippen molar-refractivity contribution in [2.75, 3.05) is 38.9 Å². The molecule has 1 aliphatic heterocycles. The third-order valence-electron chi connectivity index (χ3n) is 5.60. The zero-order chi connectivity index (χ0) is 24.0. The summed E-state index contributed by atoms with van der Waals surface area (Å²) in [6.07, 6.45) is 0.153. The molecule has 2 aromatic rings. The van der Waals surface area contributed by atoms with Gasteiger partial charge in [-0.1, -0.05) is 6.07 Å². The molecule has 8 heteroatoms. The van der Waals surface area contributed by atoms with E-state index in [2.05, 4.69) is 5.32 Å². The Kier molecular flexibility index (Phi) is 8.03. The van der Waals surface area contributed by atoms with Crippen molar-refractivity contribution < 1.29 is 28.5 Å². The number of amides is 2. The molecule has 0 aromatic heterocycles. The van der Waals surface area contributed by atoms with Gasteiger partial charge in [0.05, 0.1) is 39.4 Å². The lowest BCUT2D eigenvalue weighted by molar-refractivity contribution is -0.126. The minimum Gasteiger partial charge on any atom is -0.493 e. The average Bonchev–Trinajstić information content (AvgIpc) is 3.21. The standard InChI is InChI=1S/C25H32N2O6/c1-6-32-21-10-8-17(12-23(21)33-7-2)16(3)26-25(29)18-13-24(28)27(15-18)19-9-11-20(30-4)22(14-19)31-5/h8-12,14,16,18H,6-7,13,15H2,1-5H3,(H,26,29). The second kappa shape index (κ2) is 10.9. The Bertz CT molecular complexity index is 993. The van der Waals surface area contributed by atoms with Crippen molar-refractivity contribution in [3.8, 4) is 23.0 Å². The molecule has 2 unspecified atom stereocenters. The minimum absolute atomic E-state index is 0.102. The number of rotatable bonds is 10. The van der Waals surface area contributed by atoms with Crippen molar-refractivity contribution in [1.29, 1.82) is 0 Å². The van der Waals surface area contributed by atoms with E-state index in [4.69, 9.17) is 18.9 Å². The van der Waals surface area contributed by atoms with Crippen LogP contribution in [-0.4, -0.2) is 45.8 Å². The largest absolute Gasteiger partial charge is 0.493 e. The maximum atomic E-state index is 13.0. The number of anilines is 1. The molecule has 2 atom stereocenters. The first kappa shape index (κ1) is 24.2. The summed E-state index contributed by atoms with van der Waals surface area (Å²) in [5.41, 5.74) is 1.57. The first-order chi connectivity index (χ1) is 15.9.